The largest absolute Gasteiger partial charge is 0.396 e. The van der Waals surface area contributed by atoms with Crippen LogP contribution in [0.4, 0.5) is 0 Å². The van der Waals surface area contributed by atoms with E-state index in [0.717, 1.165) is 0 Å². The van der Waals surface area contributed by atoms with Crippen LogP contribution >= 0.6 is 0 Å². The molecule has 0 aromatic heterocycles. The second-order valence-electron chi connectivity index (χ2n) is 3.67. The predicted octanol–water partition coefficient (Wildman–Crippen LogP) is -0.462. The van der Waals surface area contributed by atoms with Gasteiger partial charge in [0.25, 0.3) is 0 Å². The first-order valence-corrected chi connectivity index (χ1v) is 4.41. The summed E-state index contributed by atoms with van der Waals surface area (Å²) >= 11 is 0. The van der Waals surface area contributed by atoms with E-state index in [9.17, 15) is 0 Å². The Morgan fingerprint density at radius 1 is 0.923 bits per heavy atom. The molecule has 0 rings (SSSR count). The Balaban J connectivity index is 0. The Hall–Kier alpha value is -0.160. The van der Waals surface area contributed by atoms with Crippen molar-refractivity contribution in [2.45, 2.75) is 13.3 Å². The second-order valence-corrected chi connectivity index (χ2v) is 3.67. The molecule has 0 heterocycles. The van der Waals surface area contributed by atoms with Crippen molar-refractivity contribution in [3.63, 3.8) is 0 Å². The van der Waals surface area contributed by atoms with Gasteiger partial charge in [0.15, 0.2) is 0 Å². The molecular formula is C9H23NO3. The molecule has 0 aliphatic heterocycles. The van der Waals surface area contributed by atoms with Crippen LogP contribution < -0.4 is 0 Å². The van der Waals surface area contributed by atoms with Crippen molar-refractivity contribution in [3.05, 3.63) is 0 Å². The Morgan fingerprint density at radius 3 is 1.15 bits per heavy atom. The molecule has 0 saturated heterocycles. The van der Waals surface area contributed by atoms with E-state index in [1.54, 1.807) is 0 Å². The zero-order valence-corrected chi connectivity index (χ0v) is 9.12. The molecule has 4 nitrogen and oxygen atoms in total. The highest BCUT2D eigenvalue weighted by Crippen LogP contribution is 2.18. The fourth-order valence-corrected chi connectivity index (χ4v) is 0.485. The molecule has 82 valence electrons. The van der Waals surface area contributed by atoms with Gasteiger partial charge in [0.2, 0.25) is 0 Å². The van der Waals surface area contributed by atoms with Gasteiger partial charge in [-0.3, -0.25) is 0 Å². The monoisotopic (exact) mass is 193 g/mol. The fourth-order valence-electron chi connectivity index (χ4n) is 0.485. The van der Waals surface area contributed by atoms with Crippen LogP contribution in [0.2, 0.25) is 0 Å². The zero-order valence-electron chi connectivity index (χ0n) is 9.12. The summed E-state index contributed by atoms with van der Waals surface area (Å²) in [5, 5.41) is 26.0. The molecule has 0 saturated carbocycles. The minimum absolute atomic E-state index is 0.156. The van der Waals surface area contributed by atoms with Gasteiger partial charge in [-0.05, 0) is 27.6 Å². The minimum Gasteiger partial charge on any atom is -0.396 e. The van der Waals surface area contributed by atoms with Crippen molar-refractivity contribution in [1.29, 1.82) is 0 Å². The molecule has 0 amide bonds. The van der Waals surface area contributed by atoms with E-state index in [0.29, 0.717) is 6.42 Å². The third kappa shape index (κ3) is 8.18. The third-order valence-corrected chi connectivity index (χ3v) is 1.76. The number of hydrogen-bond donors (Lipinski definition) is 3. The highest BCUT2D eigenvalue weighted by atomic mass is 16.3. The number of aliphatic hydroxyl groups is 3. The van der Waals surface area contributed by atoms with Crippen LogP contribution in [0.5, 0.6) is 0 Å². The number of aliphatic hydroxyl groups excluding tert-OH is 3. The van der Waals surface area contributed by atoms with Gasteiger partial charge in [0, 0.05) is 5.41 Å². The quantitative estimate of drug-likeness (QED) is 0.565. The molecule has 0 aliphatic carbocycles. The molecule has 0 bridgehead atoms. The van der Waals surface area contributed by atoms with Crippen molar-refractivity contribution in [2.75, 3.05) is 41.0 Å². The lowest BCUT2D eigenvalue weighted by Crippen LogP contribution is -2.32. The Labute approximate surface area is 80.8 Å². The molecule has 0 aromatic rings. The van der Waals surface area contributed by atoms with Gasteiger partial charge in [-0.15, -0.1) is 0 Å². The van der Waals surface area contributed by atoms with E-state index in [-0.39, 0.29) is 19.8 Å². The molecule has 13 heavy (non-hydrogen) atoms. The van der Waals surface area contributed by atoms with Crippen LogP contribution in [-0.4, -0.2) is 61.2 Å². The first kappa shape index (κ1) is 15.3. The van der Waals surface area contributed by atoms with Crippen molar-refractivity contribution in [1.82, 2.24) is 4.90 Å². The van der Waals surface area contributed by atoms with Gasteiger partial charge in [-0.2, -0.15) is 0 Å². The lowest BCUT2D eigenvalue weighted by Gasteiger charge is -2.24. The molecule has 0 fully saturated rings. The lowest BCUT2D eigenvalue weighted by atomic mass is 9.88. The zero-order chi connectivity index (χ0) is 10.9. The van der Waals surface area contributed by atoms with Crippen LogP contribution in [-0.2, 0) is 0 Å². The summed E-state index contributed by atoms with van der Waals surface area (Å²) in [6, 6.07) is 0. The molecule has 0 atom stereocenters. The standard InChI is InChI=1S/C6H14O3.C3H9N/c1-2-6(3-7,4-8)5-9;1-4(2)3/h7-9H,2-5H2,1H3;1-3H3. The molecule has 0 aromatic carbocycles. The smallest absolute Gasteiger partial charge is 0.0531 e. The molecule has 0 unspecified atom stereocenters. The lowest BCUT2D eigenvalue weighted by molar-refractivity contribution is 0.00304. The maximum Gasteiger partial charge on any atom is 0.0531 e. The predicted molar refractivity (Wildman–Crippen MR) is 53.6 cm³/mol. The summed E-state index contributed by atoms with van der Waals surface area (Å²) in [5.74, 6) is 0. The summed E-state index contributed by atoms with van der Waals surface area (Å²) in [4.78, 5) is 2.00. The van der Waals surface area contributed by atoms with E-state index in [4.69, 9.17) is 15.3 Å². The maximum atomic E-state index is 8.66. The first-order valence-electron chi connectivity index (χ1n) is 4.41. The molecule has 0 radical (unpaired) electrons. The molecule has 4 heteroatoms. The molecular weight excluding hydrogens is 170 g/mol. The van der Waals surface area contributed by atoms with Crippen LogP contribution in [0.3, 0.4) is 0 Å². The maximum absolute atomic E-state index is 8.66. The fraction of sp³-hybridized carbons (Fsp3) is 1.00. The molecule has 0 aliphatic rings. The molecule has 3 N–H and O–H groups in total. The SMILES string of the molecule is CCC(CO)(CO)CO.CN(C)C. The van der Waals surface area contributed by atoms with Crippen molar-refractivity contribution >= 4 is 0 Å². The number of rotatable bonds is 4. The summed E-state index contributed by atoms with van der Waals surface area (Å²) in [6.45, 7) is 1.35. The van der Waals surface area contributed by atoms with Gasteiger partial charge >= 0.3 is 0 Å². The topological polar surface area (TPSA) is 63.9 Å². The average Bonchev–Trinajstić information content (AvgIpc) is 2.09. The summed E-state index contributed by atoms with van der Waals surface area (Å²) in [5.41, 5.74) is -0.667. The van der Waals surface area contributed by atoms with E-state index in [1.165, 1.54) is 0 Å². The minimum atomic E-state index is -0.667. The van der Waals surface area contributed by atoms with E-state index >= 15 is 0 Å². The molecule has 0 spiro atoms. The highest BCUT2D eigenvalue weighted by molar-refractivity contribution is 4.74. The second kappa shape index (κ2) is 8.44. The van der Waals surface area contributed by atoms with Crippen molar-refractivity contribution < 1.29 is 15.3 Å². The Kier molecular flexibility index (Phi) is 9.94. The number of hydrogen-bond acceptors (Lipinski definition) is 4. The van der Waals surface area contributed by atoms with Gasteiger partial charge in [0.05, 0.1) is 19.8 Å². The van der Waals surface area contributed by atoms with Crippen molar-refractivity contribution in [2.24, 2.45) is 5.41 Å². The van der Waals surface area contributed by atoms with Gasteiger partial charge in [-0.25, -0.2) is 0 Å². The number of nitrogens with zero attached hydrogens (tertiary/aromatic N) is 1. The van der Waals surface area contributed by atoms with E-state index < -0.39 is 5.41 Å². The van der Waals surface area contributed by atoms with E-state index in [2.05, 4.69) is 0 Å². The van der Waals surface area contributed by atoms with Crippen molar-refractivity contribution in [3.8, 4) is 0 Å². The van der Waals surface area contributed by atoms with Crippen LogP contribution in [0.1, 0.15) is 13.3 Å². The summed E-state index contributed by atoms with van der Waals surface area (Å²) in [7, 11) is 6.00. The van der Waals surface area contributed by atoms with Gasteiger partial charge in [0.1, 0.15) is 0 Å². The van der Waals surface area contributed by atoms with Crippen LogP contribution in [0, 0.1) is 5.41 Å². The van der Waals surface area contributed by atoms with Crippen LogP contribution in [0.15, 0.2) is 0 Å². The van der Waals surface area contributed by atoms with E-state index in [1.807, 2.05) is 33.0 Å². The normalized spacial score (nSPS) is 11.1. The Bertz CT molecular complexity index is 82.8. The Morgan fingerprint density at radius 2 is 1.15 bits per heavy atom. The van der Waals surface area contributed by atoms with Gasteiger partial charge < -0.3 is 20.2 Å². The summed E-state index contributed by atoms with van der Waals surface area (Å²) in [6.07, 6.45) is 0.594. The summed E-state index contributed by atoms with van der Waals surface area (Å²) < 4.78 is 0. The average molecular weight is 193 g/mol. The van der Waals surface area contributed by atoms with Gasteiger partial charge in [-0.1, -0.05) is 6.92 Å². The van der Waals surface area contributed by atoms with Crippen LogP contribution in [0.25, 0.3) is 0 Å². The third-order valence-electron chi connectivity index (χ3n) is 1.76. The highest BCUT2D eigenvalue weighted by Gasteiger charge is 2.24. The first-order chi connectivity index (χ1) is 5.97.